The van der Waals surface area contributed by atoms with Crippen LogP contribution >= 0.6 is 11.3 Å². The lowest BCUT2D eigenvalue weighted by Gasteiger charge is -2.02. The second kappa shape index (κ2) is 5.37. The van der Waals surface area contributed by atoms with Crippen LogP contribution in [0.25, 0.3) is 0 Å². The third kappa shape index (κ3) is 3.13. The van der Waals surface area contributed by atoms with Crippen LogP contribution in [0.15, 0.2) is 36.1 Å². The fraction of sp³-hybridized carbons (Fsp3) is 0.182. The van der Waals surface area contributed by atoms with Gasteiger partial charge in [-0.1, -0.05) is 6.07 Å². The van der Waals surface area contributed by atoms with Crippen molar-refractivity contribution in [1.29, 1.82) is 0 Å². The van der Waals surface area contributed by atoms with Gasteiger partial charge in [0.1, 0.15) is 5.01 Å². The van der Waals surface area contributed by atoms with Crippen molar-refractivity contribution in [1.82, 2.24) is 15.3 Å². The number of nitrogens with one attached hydrogen (secondary N) is 1. The summed E-state index contributed by atoms with van der Waals surface area (Å²) in [6.07, 6.45) is 5.48. The highest BCUT2D eigenvalue weighted by Crippen LogP contribution is 2.03. The van der Waals surface area contributed by atoms with Crippen LogP contribution in [0.5, 0.6) is 0 Å². The zero-order chi connectivity index (χ0) is 11.2. The van der Waals surface area contributed by atoms with E-state index in [0.717, 1.165) is 10.6 Å². The molecule has 0 radical (unpaired) electrons. The number of hydrogen-bond donors (Lipinski definition) is 1. The number of thiazole rings is 1. The average molecular weight is 233 g/mol. The lowest BCUT2D eigenvalue weighted by molar-refractivity contribution is -0.120. The molecule has 1 N–H and O–H groups in total. The summed E-state index contributed by atoms with van der Waals surface area (Å²) in [5.74, 6) is -0.0109. The monoisotopic (exact) mass is 233 g/mol. The summed E-state index contributed by atoms with van der Waals surface area (Å²) in [4.78, 5) is 19.6. The first-order valence-corrected chi connectivity index (χ1v) is 5.76. The number of hydrogen-bond acceptors (Lipinski definition) is 4. The summed E-state index contributed by atoms with van der Waals surface area (Å²) in [7, 11) is 0. The fourth-order valence-electron chi connectivity index (χ4n) is 1.27. The highest BCUT2D eigenvalue weighted by Gasteiger charge is 2.03. The minimum absolute atomic E-state index is 0.0109. The van der Waals surface area contributed by atoms with E-state index in [1.54, 1.807) is 18.6 Å². The van der Waals surface area contributed by atoms with E-state index in [4.69, 9.17) is 0 Å². The quantitative estimate of drug-likeness (QED) is 0.868. The molecule has 5 heteroatoms. The van der Waals surface area contributed by atoms with Gasteiger partial charge >= 0.3 is 0 Å². The molecule has 16 heavy (non-hydrogen) atoms. The van der Waals surface area contributed by atoms with E-state index in [9.17, 15) is 4.79 Å². The molecule has 0 aliphatic rings. The van der Waals surface area contributed by atoms with Crippen molar-refractivity contribution in [3.05, 3.63) is 46.7 Å². The van der Waals surface area contributed by atoms with Crippen molar-refractivity contribution in [3.8, 4) is 0 Å². The van der Waals surface area contributed by atoms with Crippen LogP contribution in [0.4, 0.5) is 0 Å². The summed E-state index contributed by atoms with van der Waals surface area (Å²) in [6.45, 7) is 0.497. The van der Waals surface area contributed by atoms with Gasteiger partial charge in [0.2, 0.25) is 5.91 Å². The lowest BCUT2D eigenvalue weighted by Crippen LogP contribution is -2.24. The molecular formula is C11H11N3OS. The molecule has 0 aromatic carbocycles. The van der Waals surface area contributed by atoms with Crippen molar-refractivity contribution in [2.45, 2.75) is 13.0 Å². The fourth-order valence-corrected chi connectivity index (χ4v) is 1.82. The molecule has 0 saturated heterocycles. The third-order valence-electron chi connectivity index (χ3n) is 2.01. The Bertz CT molecular complexity index is 442. The zero-order valence-electron chi connectivity index (χ0n) is 8.59. The van der Waals surface area contributed by atoms with Gasteiger partial charge in [-0.15, -0.1) is 11.3 Å². The van der Waals surface area contributed by atoms with Crippen LogP contribution in [0.2, 0.25) is 0 Å². The van der Waals surface area contributed by atoms with Gasteiger partial charge in [-0.2, -0.15) is 0 Å². The predicted octanol–water partition coefficient (Wildman–Crippen LogP) is 1.40. The first-order chi connectivity index (χ1) is 7.84. The van der Waals surface area contributed by atoms with E-state index in [1.165, 1.54) is 11.3 Å². The molecule has 0 atom stereocenters. The Balaban J connectivity index is 1.81. The van der Waals surface area contributed by atoms with E-state index < -0.39 is 0 Å². The Morgan fingerprint density at radius 2 is 2.38 bits per heavy atom. The largest absolute Gasteiger partial charge is 0.349 e. The molecule has 0 fully saturated rings. The molecule has 0 saturated carbocycles. The standard InChI is InChI=1S/C11H11N3OS/c15-10(6-9-2-1-3-12-7-9)14-8-11-13-4-5-16-11/h1-5,7H,6,8H2,(H,14,15). The molecule has 0 unspecified atom stereocenters. The highest BCUT2D eigenvalue weighted by atomic mass is 32.1. The van der Waals surface area contributed by atoms with E-state index >= 15 is 0 Å². The van der Waals surface area contributed by atoms with Crippen molar-refractivity contribution in [2.75, 3.05) is 0 Å². The molecule has 0 aliphatic carbocycles. The summed E-state index contributed by atoms with van der Waals surface area (Å²) in [6, 6.07) is 3.71. The van der Waals surface area contributed by atoms with Crippen molar-refractivity contribution in [2.24, 2.45) is 0 Å². The van der Waals surface area contributed by atoms with Gasteiger partial charge < -0.3 is 5.32 Å². The molecule has 82 valence electrons. The van der Waals surface area contributed by atoms with Gasteiger partial charge in [0, 0.05) is 24.0 Å². The third-order valence-corrected chi connectivity index (χ3v) is 2.79. The number of rotatable bonds is 4. The summed E-state index contributed by atoms with van der Waals surface area (Å²) in [5.41, 5.74) is 0.916. The topological polar surface area (TPSA) is 54.9 Å². The van der Waals surface area contributed by atoms with Gasteiger partial charge in [0.05, 0.1) is 13.0 Å². The number of carbonyl (C=O) groups is 1. The maximum absolute atomic E-state index is 11.5. The molecule has 0 aliphatic heterocycles. The van der Waals surface area contributed by atoms with Gasteiger partial charge in [0.15, 0.2) is 0 Å². The van der Waals surface area contributed by atoms with E-state index in [1.807, 2.05) is 17.5 Å². The Kier molecular flexibility index (Phi) is 3.61. The number of nitrogens with zero attached hydrogens (tertiary/aromatic N) is 2. The van der Waals surface area contributed by atoms with Crippen LogP contribution < -0.4 is 5.32 Å². The van der Waals surface area contributed by atoms with Crippen LogP contribution in [-0.2, 0) is 17.8 Å². The second-order valence-electron chi connectivity index (χ2n) is 3.24. The van der Waals surface area contributed by atoms with Gasteiger partial charge in [-0.25, -0.2) is 4.98 Å². The molecule has 2 aromatic rings. The van der Waals surface area contributed by atoms with Crippen LogP contribution in [0.3, 0.4) is 0 Å². The molecule has 0 spiro atoms. The molecular weight excluding hydrogens is 222 g/mol. The van der Waals surface area contributed by atoms with E-state index in [2.05, 4.69) is 15.3 Å². The number of amides is 1. The Morgan fingerprint density at radius 1 is 1.44 bits per heavy atom. The molecule has 0 bridgehead atoms. The van der Waals surface area contributed by atoms with Gasteiger partial charge in [-0.3, -0.25) is 9.78 Å². The van der Waals surface area contributed by atoms with Crippen molar-refractivity contribution >= 4 is 17.2 Å². The van der Waals surface area contributed by atoms with E-state index in [-0.39, 0.29) is 5.91 Å². The second-order valence-corrected chi connectivity index (χ2v) is 4.22. The smallest absolute Gasteiger partial charge is 0.224 e. The van der Waals surface area contributed by atoms with Crippen LogP contribution in [-0.4, -0.2) is 15.9 Å². The maximum Gasteiger partial charge on any atom is 0.224 e. The first-order valence-electron chi connectivity index (χ1n) is 4.88. The first kappa shape index (κ1) is 10.8. The number of carbonyl (C=O) groups excluding carboxylic acids is 1. The average Bonchev–Trinajstić information content (AvgIpc) is 2.81. The number of pyridine rings is 1. The van der Waals surface area contributed by atoms with Crippen molar-refractivity contribution < 1.29 is 4.79 Å². The minimum atomic E-state index is -0.0109. The number of aromatic nitrogens is 2. The zero-order valence-corrected chi connectivity index (χ0v) is 9.41. The lowest BCUT2D eigenvalue weighted by atomic mass is 10.2. The Labute approximate surface area is 97.4 Å². The van der Waals surface area contributed by atoms with Gasteiger partial charge in [-0.05, 0) is 11.6 Å². The maximum atomic E-state index is 11.5. The molecule has 2 aromatic heterocycles. The minimum Gasteiger partial charge on any atom is -0.349 e. The summed E-state index contributed by atoms with van der Waals surface area (Å²) in [5, 5.41) is 5.62. The Hall–Kier alpha value is -1.75. The van der Waals surface area contributed by atoms with Crippen LogP contribution in [0, 0.1) is 0 Å². The molecule has 1 amide bonds. The molecule has 4 nitrogen and oxygen atoms in total. The molecule has 2 heterocycles. The molecule has 2 rings (SSSR count). The Morgan fingerprint density at radius 3 is 3.06 bits per heavy atom. The van der Waals surface area contributed by atoms with E-state index in [0.29, 0.717) is 13.0 Å². The summed E-state index contributed by atoms with van der Waals surface area (Å²) < 4.78 is 0. The predicted molar refractivity (Wildman–Crippen MR) is 61.9 cm³/mol. The summed E-state index contributed by atoms with van der Waals surface area (Å²) >= 11 is 1.53. The highest BCUT2D eigenvalue weighted by molar-refractivity contribution is 7.09. The van der Waals surface area contributed by atoms with Crippen molar-refractivity contribution in [3.63, 3.8) is 0 Å². The van der Waals surface area contributed by atoms with Crippen LogP contribution in [0.1, 0.15) is 10.6 Å². The normalized spacial score (nSPS) is 10.0. The van der Waals surface area contributed by atoms with Gasteiger partial charge in [0.25, 0.3) is 0 Å². The SMILES string of the molecule is O=C(Cc1cccnc1)NCc1nccs1.